The van der Waals surface area contributed by atoms with Crippen molar-refractivity contribution in [1.82, 2.24) is 0 Å². The molecule has 20 heavy (non-hydrogen) atoms. The zero-order valence-corrected chi connectivity index (χ0v) is 10.4. The van der Waals surface area contributed by atoms with Crippen molar-refractivity contribution in [3.8, 4) is 0 Å². The molecule has 0 heterocycles. The zero-order chi connectivity index (χ0) is 15.1. The summed E-state index contributed by atoms with van der Waals surface area (Å²) in [5.74, 6) is -8.32. The molecule has 0 spiro atoms. The van der Waals surface area contributed by atoms with Gasteiger partial charge in [0, 0.05) is 6.07 Å². The third-order valence-electron chi connectivity index (χ3n) is 2.32. The van der Waals surface area contributed by atoms with E-state index in [-0.39, 0.29) is 12.7 Å². The van der Waals surface area contributed by atoms with Gasteiger partial charge in [-0.25, -0.2) is 22.4 Å². The van der Waals surface area contributed by atoms with Gasteiger partial charge in [-0.2, -0.15) is 0 Å². The molecule has 3 nitrogen and oxygen atoms in total. The highest BCUT2D eigenvalue weighted by atomic mass is 19.2. The van der Waals surface area contributed by atoms with E-state index in [2.05, 4.69) is 11.3 Å². The summed E-state index contributed by atoms with van der Waals surface area (Å²) in [7, 11) is 0. The summed E-state index contributed by atoms with van der Waals surface area (Å²) in [4.78, 5) is 11.4. The van der Waals surface area contributed by atoms with Crippen LogP contribution in [0.5, 0.6) is 0 Å². The van der Waals surface area contributed by atoms with Gasteiger partial charge in [0.1, 0.15) is 5.56 Å². The van der Waals surface area contributed by atoms with Crippen LogP contribution in [0.2, 0.25) is 0 Å². The number of benzene rings is 1. The van der Waals surface area contributed by atoms with Gasteiger partial charge in [0.25, 0.3) is 0 Å². The second-order valence-corrected chi connectivity index (χ2v) is 3.72. The smallest absolute Gasteiger partial charge is 0.344 e. The first-order valence-electron chi connectivity index (χ1n) is 5.71. The van der Waals surface area contributed by atoms with E-state index >= 15 is 0 Å². The first kappa shape index (κ1) is 16.0. The summed E-state index contributed by atoms with van der Waals surface area (Å²) in [5.41, 5.74) is -1.37. The lowest BCUT2D eigenvalue weighted by Gasteiger charge is -2.07. The molecule has 0 fully saturated rings. The van der Waals surface area contributed by atoms with Crippen molar-refractivity contribution in [2.45, 2.75) is 12.8 Å². The molecular weight excluding hydrogens is 280 g/mol. The molecule has 0 radical (unpaired) electrons. The summed E-state index contributed by atoms with van der Waals surface area (Å²) in [6.07, 6.45) is 2.12. The van der Waals surface area contributed by atoms with E-state index in [9.17, 15) is 22.4 Å². The van der Waals surface area contributed by atoms with Crippen LogP contribution in [0.1, 0.15) is 23.2 Å². The second-order valence-electron chi connectivity index (χ2n) is 3.72. The number of halogens is 4. The Morgan fingerprint density at radius 3 is 2.20 bits per heavy atom. The van der Waals surface area contributed by atoms with E-state index in [0.29, 0.717) is 19.4 Å². The Hall–Kier alpha value is -2.05. The molecule has 0 bridgehead atoms. The van der Waals surface area contributed by atoms with Crippen LogP contribution in [0.15, 0.2) is 18.9 Å². The fraction of sp³-hybridized carbons (Fsp3) is 0.308. The Balaban J connectivity index is 2.62. The van der Waals surface area contributed by atoms with Gasteiger partial charge >= 0.3 is 5.97 Å². The van der Waals surface area contributed by atoms with Crippen LogP contribution >= 0.6 is 0 Å². The minimum Gasteiger partial charge on any atom is -0.502 e. The van der Waals surface area contributed by atoms with Gasteiger partial charge in [0.2, 0.25) is 0 Å². The number of esters is 1. The van der Waals surface area contributed by atoms with Crippen LogP contribution < -0.4 is 0 Å². The van der Waals surface area contributed by atoms with Crippen LogP contribution in [0, 0.1) is 23.3 Å². The highest BCUT2D eigenvalue weighted by Gasteiger charge is 2.25. The second kappa shape index (κ2) is 7.52. The predicted molar refractivity (Wildman–Crippen MR) is 61.9 cm³/mol. The highest BCUT2D eigenvalue weighted by Crippen LogP contribution is 2.20. The van der Waals surface area contributed by atoms with Crippen molar-refractivity contribution in [1.29, 1.82) is 0 Å². The van der Waals surface area contributed by atoms with E-state index in [4.69, 9.17) is 4.74 Å². The molecule has 0 aliphatic heterocycles. The number of carbonyl (C=O) groups is 1. The van der Waals surface area contributed by atoms with Crippen LogP contribution in [0.25, 0.3) is 0 Å². The van der Waals surface area contributed by atoms with Crippen molar-refractivity contribution in [3.05, 3.63) is 47.7 Å². The monoisotopic (exact) mass is 292 g/mol. The zero-order valence-electron chi connectivity index (χ0n) is 10.4. The maximum Gasteiger partial charge on any atom is 0.344 e. The molecule has 0 unspecified atom stereocenters. The van der Waals surface area contributed by atoms with E-state index in [0.717, 1.165) is 0 Å². The van der Waals surface area contributed by atoms with Crippen LogP contribution in [0.3, 0.4) is 0 Å². The summed E-state index contributed by atoms with van der Waals surface area (Å²) < 4.78 is 61.6. The largest absolute Gasteiger partial charge is 0.502 e. The Morgan fingerprint density at radius 2 is 1.65 bits per heavy atom. The lowest BCUT2D eigenvalue weighted by Crippen LogP contribution is -2.14. The number of hydrogen-bond acceptors (Lipinski definition) is 3. The van der Waals surface area contributed by atoms with Gasteiger partial charge in [-0.15, -0.1) is 0 Å². The SMILES string of the molecule is C=COCCCCOC(=O)c1c(F)c(F)cc(F)c1F. The first-order chi connectivity index (χ1) is 9.49. The minimum absolute atomic E-state index is 0.0219. The van der Waals surface area contributed by atoms with Gasteiger partial charge in [-0.05, 0) is 12.8 Å². The maximum absolute atomic E-state index is 13.3. The summed E-state index contributed by atoms with van der Waals surface area (Å²) in [5, 5.41) is 0. The van der Waals surface area contributed by atoms with Crippen LogP contribution in [0.4, 0.5) is 17.6 Å². The summed E-state index contributed by atoms with van der Waals surface area (Å²) >= 11 is 0. The number of hydrogen-bond donors (Lipinski definition) is 0. The van der Waals surface area contributed by atoms with E-state index in [1.807, 2.05) is 0 Å². The topological polar surface area (TPSA) is 35.5 Å². The molecule has 0 aliphatic carbocycles. The van der Waals surface area contributed by atoms with Crippen LogP contribution in [-0.4, -0.2) is 19.2 Å². The summed E-state index contributed by atoms with van der Waals surface area (Å²) in [6, 6.07) is 0.0219. The lowest BCUT2D eigenvalue weighted by atomic mass is 10.2. The van der Waals surface area contributed by atoms with Gasteiger partial charge < -0.3 is 9.47 Å². The molecule has 0 aliphatic rings. The minimum atomic E-state index is -1.77. The van der Waals surface area contributed by atoms with E-state index in [1.165, 1.54) is 6.26 Å². The Bertz CT molecular complexity index is 477. The number of carbonyl (C=O) groups excluding carboxylic acids is 1. The predicted octanol–water partition coefficient (Wildman–Crippen LogP) is 3.34. The number of rotatable bonds is 7. The maximum atomic E-state index is 13.3. The third-order valence-corrected chi connectivity index (χ3v) is 2.32. The quantitative estimate of drug-likeness (QED) is 0.254. The molecule has 0 aromatic heterocycles. The molecule has 7 heteroatoms. The van der Waals surface area contributed by atoms with Gasteiger partial charge in [-0.1, -0.05) is 6.58 Å². The van der Waals surface area contributed by atoms with Crippen molar-refractivity contribution in [2.75, 3.05) is 13.2 Å². The van der Waals surface area contributed by atoms with Crippen molar-refractivity contribution in [3.63, 3.8) is 0 Å². The third kappa shape index (κ3) is 3.97. The lowest BCUT2D eigenvalue weighted by molar-refractivity contribution is 0.0478. The van der Waals surface area contributed by atoms with Gasteiger partial charge in [0.15, 0.2) is 23.3 Å². The van der Waals surface area contributed by atoms with Gasteiger partial charge in [0.05, 0.1) is 19.5 Å². The standard InChI is InChI=1S/C13H12F4O3/c1-2-19-5-3-4-6-20-13(18)10-11(16)8(14)7-9(15)12(10)17/h2,7H,1,3-6H2. The van der Waals surface area contributed by atoms with Crippen molar-refractivity contribution >= 4 is 5.97 Å². The van der Waals surface area contributed by atoms with Crippen molar-refractivity contribution < 1.29 is 31.8 Å². The number of unbranched alkanes of at least 4 members (excludes halogenated alkanes) is 1. The molecule has 1 aromatic rings. The molecule has 110 valence electrons. The van der Waals surface area contributed by atoms with E-state index in [1.54, 1.807) is 0 Å². The Labute approximate surface area is 112 Å². The average Bonchev–Trinajstić information content (AvgIpc) is 2.41. The molecule has 0 amide bonds. The Kier molecular flexibility index (Phi) is 6.02. The molecule has 1 rings (SSSR count). The molecular formula is C13H12F4O3. The first-order valence-corrected chi connectivity index (χ1v) is 5.71. The molecule has 0 atom stereocenters. The normalized spacial score (nSPS) is 10.2. The van der Waals surface area contributed by atoms with E-state index < -0.39 is 34.8 Å². The van der Waals surface area contributed by atoms with Gasteiger partial charge in [-0.3, -0.25) is 0 Å². The number of ether oxygens (including phenoxy) is 2. The van der Waals surface area contributed by atoms with Crippen LogP contribution in [-0.2, 0) is 9.47 Å². The average molecular weight is 292 g/mol. The molecule has 0 saturated carbocycles. The molecule has 0 saturated heterocycles. The Morgan fingerprint density at radius 1 is 1.10 bits per heavy atom. The molecule has 0 N–H and O–H groups in total. The highest BCUT2D eigenvalue weighted by molar-refractivity contribution is 5.90. The fourth-order valence-electron chi connectivity index (χ4n) is 1.36. The van der Waals surface area contributed by atoms with Crippen molar-refractivity contribution in [2.24, 2.45) is 0 Å². The summed E-state index contributed by atoms with van der Waals surface area (Å²) in [6.45, 7) is 3.51. The fourth-order valence-corrected chi connectivity index (χ4v) is 1.36. The molecule has 1 aromatic carbocycles.